The molecule has 0 atom stereocenters. The minimum atomic E-state index is -0.700. The third kappa shape index (κ3) is 4.64. The fourth-order valence-corrected chi connectivity index (χ4v) is 4.57. The number of nitrogens with one attached hydrogen (secondary N) is 2. The Morgan fingerprint density at radius 2 is 1.79 bits per heavy atom. The van der Waals surface area contributed by atoms with Gasteiger partial charge in [0.25, 0.3) is 11.8 Å². The highest BCUT2D eigenvalue weighted by Crippen LogP contribution is 2.34. The molecule has 1 aliphatic rings. The maximum absolute atomic E-state index is 13.9. The Bertz CT molecular complexity index is 935. The standard InChI is InChI=1S/C21H23FN2O4S/c1-12-16(21(27)28-2)20(24-18(25)14-10-6-7-11-15(14)22)29-17(12)19(26)23-13-8-4-3-5-9-13/h6-7,10-11,13H,3-5,8-9H2,1-2H3,(H,23,26)(H,24,25). The van der Waals surface area contributed by atoms with E-state index in [1.807, 2.05) is 0 Å². The van der Waals surface area contributed by atoms with Gasteiger partial charge in [-0.25, -0.2) is 9.18 Å². The fourth-order valence-electron chi connectivity index (χ4n) is 3.48. The summed E-state index contributed by atoms with van der Waals surface area (Å²) in [4.78, 5) is 37.9. The molecule has 0 spiro atoms. The number of carbonyl (C=O) groups excluding carboxylic acids is 3. The number of amides is 2. The molecule has 1 heterocycles. The molecule has 29 heavy (non-hydrogen) atoms. The van der Waals surface area contributed by atoms with Gasteiger partial charge in [0.15, 0.2) is 0 Å². The average molecular weight is 418 g/mol. The molecule has 6 nitrogen and oxygen atoms in total. The number of hydrogen-bond acceptors (Lipinski definition) is 5. The van der Waals surface area contributed by atoms with Crippen LogP contribution >= 0.6 is 11.3 Å². The SMILES string of the molecule is COC(=O)c1c(NC(=O)c2ccccc2F)sc(C(=O)NC2CCCCC2)c1C. The normalized spacial score (nSPS) is 14.3. The van der Waals surface area contributed by atoms with Crippen LogP contribution in [-0.4, -0.2) is 30.9 Å². The van der Waals surface area contributed by atoms with Gasteiger partial charge in [-0.1, -0.05) is 31.4 Å². The first kappa shape index (κ1) is 21.0. The molecule has 8 heteroatoms. The second kappa shape index (κ2) is 9.17. The lowest BCUT2D eigenvalue weighted by molar-refractivity contribution is 0.0601. The Labute approximate surface area is 172 Å². The molecule has 1 aliphatic carbocycles. The van der Waals surface area contributed by atoms with Crippen LogP contribution in [0.15, 0.2) is 24.3 Å². The van der Waals surface area contributed by atoms with E-state index in [2.05, 4.69) is 10.6 Å². The molecule has 0 saturated heterocycles. The Morgan fingerprint density at radius 1 is 1.10 bits per heavy atom. The van der Waals surface area contributed by atoms with E-state index in [1.165, 1.54) is 31.7 Å². The van der Waals surface area contributed by atoms with Gasteiger partial charge in [-0.15, -0.1) is 11.3 Å². The Kier molecular flexibility index (Phi) is 6.64. The minimum Gasteiger partial charge on any atom is -0.465 e. The van der Waals surface area contributed by atoms with Gasteiger partial charge in [-0.05, 0) is 37.5 Å². The van der Waals surface area contributed by atoms with Crippen LogP contribution in [0.1, 0.15) is 68.1 Å². The van der Waals surface area contributed by atoms with Gasteiger partial charge < -0.3 is 15.4 Å². The van der Waals surface area contributed by atoms with E-state index in [1.54, 1.807) is 13.0 Å². The van der Waals surface area contributed by atoms with Crippen molar-refractivity contribution in [3.8, 4) is 0 Å². The van der Waals surface area contributed by atoms with Gasteiger partial charge >= 0.3 is 5.97 Å². The van der Waals surface area contributed by atoms with Crippen molar-refractivity contribution in [2.45, 2.75) is 45.1 Å². The highest BCUT2D eigenvalue weighted by molar-refractivity contribution is 7.18. The number of methoxy groups -OCH3 is 1. The number of carbonyl (C=O) groups is 3. The van der Waals surface area contributed by atoms with Crippen LogP contribution in [0.2, 0.25) is 0 Å². The summed E-state index contributed by atoms with van der Waals surface area (Å²) in [6.07, 6.45) is 5.17. The molecular formula is C21H23FN2O4S. The third-order valence-electron chi connectivity index (χ3n) is 5.03. The topological polar surface area (TPSA) is 84.5 Å². The first-order valence-electron chi connectivity index (χ1n) is 9.50. The molecule has 0 radical (unpaired) electrons. The number of hydrogen-bond donors (Lipinski definition) is 2. The second-order valence-electron chi connectivity index (χ2n) is 6.99. The number of ether oxygens (including phenoxy) is 1. The zero-order valence-corrected chi connectivity index (χ0v) is 17.2. The number of benzene rings is 1. The van der Waals surface area contributed by atoms with E-state index in [0.29, 0.717) is 10.4 Å². The maximum atomic E-state index is 13.9. The van der Waals surface area contributed by atoms with Gasteiger partial charge in [0.2, 0.25) is 0 Å². The molecule has 1 aromatic carbocycles. The van der Waals surface area contributed by atoms with Crippen molar-refractivity contribution in [1.29, 1.82) is 0 Å². The van der Waals surface area contributed by atoms with Gasteiger partial charge in [-0.2, -0.15) is 0 Å². The van der Waals surface area contributed by atoms with Crippen molar-refractivity contribution in [3.05, 3.63) is 51.7 Å². The zero-order chi connectivity index (χ0) is 21.0. The third-order valence-corrected chi connectivity index (χ3v) is 6.23. The van der Waals surface area contributed by atoms with Crippen molar-refractivity contribution < 1.29 is 23.5 Å². The molecule has 0 unspecified atom stereocenters. The van der Waals surface area contributed by atoms with E-state index in [4.69, 9.17) is 4.74 Å². The van der Waals surface area contributed by atoms with Crippen molar-refractivity contribution in [1.82, 2.24) is 5.32 Å². The molecule has 154 valence electrons. The lowest BCUT2D eigenvalue weighted by Gasteiger charge is -2.22. The lowest BCUT2D eigenvalue weighted by Crippen LogP contribution is -2.36. The Morgan fingerprint density at radius 3 is 2.45 bits per heavy atom. The largest absolute Gasteiger partial charge is 0.465 e. The fraction of sp³-hybridized carbons (Fsp3) is 0.381. The summed E-state index contributed by atoms with van der Waals surface area (Å²) in [5, 5.41) is 5.74. The molecule has 2 N–H and O–H groups in total. The lowest BCUT2D eigenvalue weighted by atomic mass is 9.95. The van der Waals surface area contributed by atoms with E-state index in [0.717, 1.165) is 37.0 Å². The molecule has 1 aromatic heterocycles. The smallest absolute Gasteiger partial charge is 0.341 e. The van der Waals surface area contributed by atoms with Crippen molar-refractivity contribution in [3.63, 3.8) is 0 Å². The van der Waals surface area contributed by atoms with Gasteiger partial charge in [-0.3, -0.25) is 9.59 Å². The van der Waals surface area contributed by atoms with Crippen LogP contribution < -0.4 is 10.6 Å². The molecule has 0 aliphatic heterocycles. The predicted octanol–water partition coefficient (Wildman–Crippen LogP) is 4.30. The predicted molar refractivity (Wildman–Crippen MR) is 109 cm³/mol. The van der Waals surface area contributed by atoms with Crippen molar-refractivity contribution >= 4 is 34.1 Å². The first-order valence-corrected chi connectivity index (χ1v) is 10.3. The van der Waals surface area contributed by atoms with Gasteiger partial charge in [0.05, 0.1) is 23.1 Å². The van der Waals surface area contributed by atoms with Crippen LogP contribution in [0.5, 0.6) is 0 Å². The summed E-state index contributed by atoms with van der Waals surface area (Å²) in [6.45, 7) is 1.64. The second-order valence-corrected chi connectivity index (χ2v) is 8.01. The molecular weight excluding hydrogens is 395 g/mol. The quantitative estimate of drug-likeness (QED) is 0.709. The van der Waals surface area contributed by atoms with Crippen molar-refractivity contribution in [2.75, 3.05) is 12.4 Å². The molecule has 2 amide bonds. The number of esters is 1. The molecule has 0 bridgehead atoms. The Balaban J connectivity index is 1.88. The van der Waals surface area contributed by atoms with E-state index in [9.17, 15) is 18.8 Å². The highest BCUT2D eigenvalue weighted by Gasteiger charge is 2.28. The summed E-state index contributed by atoms with van der Waals surface area (Å²) >= 11 is 0.988. The molecule has 1 fully saturated rings. The summed E-state index contributed by atoms with van der Waals surface area (Å²) in [7, 11) is 1.23. The molecule has 3 rings (SSSR count). The average Bonchev–Trinajstić information content (AvgIpc) is 3.04. The summed E-state index contributed by atoms with van der Waals surface area (Å²) < 4.78 is 18.8. The van der Waals surface area contributed by atoms with E-state index >= 15 is 0 Å². The number of thiophene rings is 1. The van der Waals surface area contributed by atoms with Crippen LogP contribution in [0, 0.1) is 12.7 Å². The summed E-state index contributed by atoms with van der Waals surface area (Å²) in [6, 6.07) is 5.66. The van der Waals surface area contributed by atoms with Crippen LogP contribution in [0.25, 0.3) is 0 Å². The Hall–Kier alpha value is -2.74. The van der Waals surface area contributed by atoms with E-state index in [-0.39, 0.29) is 28.1 Å². The summed E-state index contributed by atoms with van der Waals surface area (Å²) in [5.74, 6) is -2.32. The number of rotatable bonds is 5. The van der Waals surface area contributed by atoms with Gasteiger partial charge in [0.1, 0.15) is 10.8 Å². The van der Waals surface area contributed by atoms with Crippen LogP contribution in [0.3, 0.4) is 0 Å². The van der Waals surface area contributed by atoms with Crippen molar-refractivity contribution in [2.24, 2.45) is 0 Å². The first-order chi connectivity index (χ1) is 13.9. The maximum Gasteiger partial charge on any atom is 0.341 e. The summed E-state index contributed by atoms with van der Waals surface area (Å²) in [5.41, 5.74) is 0.387. The number of halogens is 1. The highest BCUT2D eigenvalue weighted by atomic mass is 32.1. The monoisotopic (exact) mass is 418 g/mol. The van der Waals surface area contributed by atoms with Crippen LogP contribution in [-0.2, 0) is 4.74 Å². The van der Waals surface area contributed by atoms with Crippen LogP contribution in [0.4, 0.5) is 9.39 Å². The molecule has 1 saturated carbocycles. The minimum absolute atomic E-state index is 0.107. The zero-order valence-electron chi connectivity index (χ0n) is 16.3. The van der Waals surface area contributed by atoms with Gasteiger partial charge in [0, 0.05) is 6.04 Å². The molecule has 2 aromatic rings. The van der Waals surface area contributed by atoms with E-state index < -0.39 is 17.7 Å². The number of anilines is 1.